The van der Waals surface area contributed by atoms with Crippen molar-refractivity contribution in [2.24, 2.45) is 0 Å². The van der Waals surface area contributed by atoms with E-state index in [0.717, 1.165) is 48.4 Å². The predicted octanol–water partition coefficient (Wildman–Crippen LogP) is 8.09. The smallest absolute Gasteiger partial charge is 0.229 e. The summed E-state index contributed by atoms with van der Waals surface area (Å²) in [7, 11) is 1.95. The van der Waals surface area contributed by atoms with Crippen molar-refractivity contribution in [1.29, 1.82) is 0 Å². The Kier molecular flexibility index (Phi) is 8.96. The summed E-state index contributed by atoms with van der Waals surface area (Å²) < 4.78 is 18.6. The van der Waals surface area contributed by atoms with Crippen molar-refractivity contribution in [3.63, 3.8) is 0 Å². The molecule has 1 saturated heterocycles. The highest BCUT2D eigenvalue weighted by molar-refractivity contribution is 8.17. The van der Waals surface area contributed by atoms with Gasteiger partial charge in [0.15, 0.2) is 0 Å². The summed E-state index contributed by atoms with van der Waals surface area (Å²) in [6.45, 7) is 12.6. The summed E-state index contributed by atoms with van der Waals surface area (Å²) in [4.78, 5) is 11.4. The summed E-state index contributed by atoms with van der Waals surface area (Å²) in [6.07, 6.45) is 3.71. The number of benzene rings is 2. The molecule has 0 radical (unpaired) electrons. The van der Waals surface area contributed by atoms with E-state index in [2.05, 4.69) is 70.3 Å². The lowest BCUT2D eigenvalue weighted by Gasteiger charge is -2.29. The Morgan fingerprint density at radius 1 is 1.08 bits per heavy atom. The van der Waals surface area contributed by atoms with Crippen LogP contribution in [0.1, 0.15) is 57.6 Å². The largest absolute Gasteiger partial charge is 0.340 e. The summed E-state index contributed by atoms with van der Waals surface area (Å²) in [6, 6.07) is 11.1. The standard InChI is InChI=1S/C29H38ClFN6S/c1-7-38(29(3,4)5)36-26-17-22(9-11-24(26)30)33-27-19(2)18-32-28(35-27)34-21-8-10-23(25(31)16-21)20-12-14-37(6)15-13-20/h7-11,16-18,20,36H,12-15H2,1-6H3,(H2,32,33,34,35). The zero-order valence-corrected chi connectivity index (χ0v) is 24.6. The summed E-state index contributed by atoms with van der Waals surface area (Å²) in [5, 5.41) is 9.38. The van der Waals surface area contributed by atoms with E-state index in [1.165, 1.54) is 6.07 Å². The van der Waals surface area contributed by atoms with Gasteiger partial charge >= 0.3 is 0 Å². The first-order valence-corrected chi connectivity index (χ1v) is 14.6. The number of rotatable bonds is 7. The van der Waals surface area contributed by atoms with Crippen LogP contribution in [0, 0.1) is 12.7 Å². The van der Waals surface area contributed by atoms with Gasteiger partial charge in [-0.3, -0.25) is 0 Å². The number of piperidine rings is 1. The molecule has 204 valence electrons. The molecule has 38 heavy (non-hydrogen) atoms. The van der Waals surface area contributed by atoms with Crippen LogP contribution in [0.25, 0.3) is 0 Å². The lowest BCUT2D eigenvalue weighted by atomic mass is 9.89. The minimum atomic E-state index is -0.185. The summed E-state index contributed by atoms with van der Waals surface area (Å²) in [5.41, 5.74) is 4.01. The number of hydrogen-bond donors (Lipinski definition) is 3. The van der Waals surface area contributed by atoms with Gasteiger partial charge < -0.3 is 20.3 Å². The van der Waals surface area contributed by atoms with Crippen molar-refractivity contribution in [3.8, 4) is 0 Å². The van der Waals surface area contributed by atoms with Crippen LogP contribution < -0.4 is 15.4 Å². The van der Waals surface area contributed by atoms with E-state index in [0.29, 0.717) is 22.5 Å². The van der Waals surface area contributed by atoms with Gasteiger partial charge in [-0.2, -0.15) is 4.98 Å². The van der Waals surface area contributed by atoms with E-state index in [9.17, 15) is 0 Å². The van der Waals surface area contributed by atoms with Crippen molar-refractivity contribution in [3.05, 3.63) is 64.6 Å². The van der Waals surface area contributed by atoms with Gasteiger partial charge in [-0.1, -0.05) is 28.3 Å². The number of halogens is 2. The molecule has 0 saturated carbocycles. The van der Waals surface area contributed by atoms with Gasteiger partial charge in [0.25, 0.3) is 0 Å². The molecule has 1 aliphatic heterocycles. The molecule has 3 aromatic rings. The monoisotopic (exact) mass is 556 g/mol. The molecule has 3 N–H and O–H groups in total. The number of nitrogens with one attached hydrogen (secondary N) is 3. The number of anilines is 5. The van der Waals surface area contributed by atoms with E-state index >= 15 is 4.39 Å². The molecule has 1 fully saturated rings. The van der Waals surface area contributed by atoms with Gasteiger partial charge in [-0.15, -0.1) is 0 Å². The quantitative estimate of drug-likeness (QED) is 0.256. The molecule has 2 heterocycles. The van der Waals surface area contributed by atoms with E-state index in [-0.39, 0.29) is 27.2 Å². The molecule has 0 aliphatic carbocycles. The van der Waals surface area contributed by atoms with Crippen LogP contribution in [0.4, 0.5) is 33.2 Å². The number of nitrogens with zero attached hydrogens (tertiary/aromatic N) is 3. The molecular formula is C29H38ClFN6S. The number of aromatic nitrogens is 2. The fourth-order valence-electron chi connectivity index (χ4n) is 4.52. The van der Waals surface area contributed by atoms with E-state index in [1.54, 1.807) is 6.20 Å². The lowest BCUT2D eigenvalue weighted by Crippen LogP contribution is -2.29. The zero-order valence-electron chi connectivity index (χ0n) is 23.0. The maximum Gasteiger partial charge on any atom is 0.229 e. The maximum atomic E-state index is 15.0. The third-order valence-electron chi connectivity index (χ3n) is 6.73. The van der Waals surface area contributed by atoms with Crippen molar-refractivity contribution in [2.75, 3.05) is 35.5 Å². The number of hydrogen-bond acceptors (Lipinski definition) is 6. The third kappa shape index (κ3) is 7.04. The molecule has 1 atom stereocenters. The van der Waals surface area contributed by atoms with Crippen molar-refractivity contribution >= 4 is 56.5 Å². The van der Waals surface area contributed by atoms with Crippen LogP contribution in [0.3, 0.4) is 0 Å². The zero-order chi connectivity index (χ0) is 27.4. The second kappa shape index (κ2) is 12.0. The first-order valence-electron chi connectivity index (χ1n) is 13.0. The molecule has 1 aliphatic rings. The van der Waals surface area contributed by atoms with Gasteiger partial charge in [-0.05, 0) is 115 Å². The highest BCUT2D eigenvalue weighted by Crippen LogP contribution is 2.37. The molecule has 6 nitrogen and oxygen atoms in total. The van der Waals surface area contributed by atoms with Crippen LogP contribution in [0.2, 0.25) is 5.02 Å². The van der Waals surface area contributed by atoms with Crippen LogP contribution in [0.15, 0.2) is 42.6 Å². The predicted molar refractivity (Wildman–Crippen MR) is 163 cm³/mol. The van der Waals surface area contributed by atoms with E-state index in [1.807, 2.05) is 37.3 Å². The molecule has 1 unspecified atom stereocenters. The molecule has 0 bridgehead atoms. The van der Waals surface area contributed by atoms with Gasteiger partial charge in [0.1, 0.15) is 11.6 Å². The fraction of sp³-hybridized carbons (Fsp3) is 0.414. The molecule has 1 aromatic heterocycles. The molecule has 2 aromatic carbocycles. The fourth-order valence-corrected chi connectivity index (χ4v) is 6.27. The Balaban J connectivity index is 1.50. The van der Waals surface area contributed by atoms with Gasteiger partial charge in [0.2, 0.25) is 5.95 Å². The van der Waals surface area contributed by atoms with E-state index in [4.69, 9.17) is 11.6 Å². The topological polar surface area (TPSA) is 65.1 Å². The van der Waals surface area contributed by atoms with Crippen molar-refractivity contribution in [2.45, 2.75) is 58.1 Å². The Hall–Kier alpha value is -2.68. The second-order valence-electron chi connectivity index (χ2n) is 10.8. The first-order chi connectivity index (χ1) is 18.0. The third-order valence-corrected chi connectivity index (χ3v) is 9.29. The Labute approximate surface area is 233 Å². The highest BCUT2D eigenvalue weighted by Gasteiger charge is 2.21. The average molecular weight is 557 g/mol. The van der Waals surface area contributed by atoms with Crippen LogP contribution in [-0.4, -0.2) is 45.1 Å². The maximum absolute atomic E-state index is 15.0. The molecule has 9 heteroatoms. The Bertz CT molecular complexity index is 1310. The van der Waals surface area contributed by atoms with E-state index < -0.39 is 0 Å². The van der Waals surface area contributed by atoms with Crippen molar-refractivity contribution < 1.29 is 4.39 Å². The second-order valence-corrected chi connectivity index (χ2v) is 13.8. The first kappa shape index (κ1) is 28.3. The minimum Gasteiger partial charge on any atom is -0.340 e. The van der Waals surface area contributed by atoms with Gasteiger partial charge in [0, 0.05) is 27.9 Å². The van der Waals surface area contributed by atoms with Crippen LogP contribution in [0.5, 0.6) is 0 Å². The lowest BCUT2D eigenvalue weighted by molar-refractivity contribution is 0.253. The molecule has 0 spiro atoms. The number of aryl methyl sites for hydroxylation is 1. The van der Waals surface area contributed by atoms with Crippen LogP contribution in [-0.2, 0) is 0 Å². The minimum absolute atomic E-state index is 0.0656. The highest BCUT2D eigenvalue weighted by atomic mass is 35.5. The molecular weight excluding hydrogens is 519 g/mol. The SMILES string of the molecule is C/C=S(/Nc1cc(Nc2nc(Nc3ccc(C4CCN(C)CC4)c(F)c3)ncc2C)ccc1Cl)C(C)(C)C. The average Bonchev–Trinajstić information content (AvgIpc) is 2.86. The molecule has 0 amide bonds. The van der Waals surface area contributed by atoms with Crippen molar-refractivity contribution in [1.82, 2.24) is 14.9 Å². The Morgan fingerprint density at radius 2 is 1.76 bits per heavy atom. The molecule has 4 rings (SSSR count). The van der Waals surface area contributed by atoms with Crippen LogP contribution >= 0.6 is 22.3 Å². The Morgan fingerprint density at radius 3 is 2.42 bits per heavy atom. The van der Waals surface area contributed by atoms with Gasteiger partial charge in [0.05, 0.1) is 10.7 Å². The van der Waals surface area contributed by atoms with Gasteiger partial charge in [-0.25, -0.2) is 9.37 Å². The number of likely N-dealkylation sites (tertiary alicyclic amines) is 1. The summed E-state index contributed by atoms with van der Waals surface area (Å²) in [5.74, 6) is 1.14. The summed E-state index contributed by atoms with van der Waals surface area (Å²) >= 11 is 6.51. The normalized spacial score (nSPS) is 15.9.